The van der Waals surface area contributed by atoms with Gasteiger partial charge in [-0.2, -0.15) is 0 Å². The number of rotatable bonds is 5. The fraction of sp³-hybridized carbons (Fsp3) is 0.500. The molecule has 0 bridgehead atoms. The highest BCUT2D eigenvalue weighted by Gasteiger charge is 2.23. The van der Waals surface area contributed by atoms with Crippen LogP contribution >= 0.6 is 0 Å². The Bertz CT molecular complexity index is 966. The van der Waals surface area contributed by atoms with Crippen LogP contribution in [-0.4, -0.2) is 65.0 Å². The zero-order valence-corrected chi connectivity index (χ0v) is 20.0. The van der Waals surface area contributed by atoms with Crippen molar-refractivity contribution in [3.05, 3.63) is 47.6 Å². The number of allylic oxidation sites excluding steroid dienone is 3. The minimum atomic E-state index is -0.703. The molecule has 4 N–H and O–H groups in total. The number of hydrogen-bond acceptors (Lipinski definition) is 8. The molecule has 9 heteroatoms. The zero-order valence-electron chi connectivity index (χ0n) is 20.0. The average molecular weight is 486 g/mol. The van der Waals surface area contributed by atoms with Gasteiger partial charge in [-0.25, -0.2) is 4.79 Å². The Kier molecular flexibility index (Phi) is 10.2. The Morgan fingerprint density at radius 2 is 1.91 bits per heavy atom. The van der Waals surface area contributed by atoms with Crippen LogP contribution in [0.5, 0.6) is 11.5 Å². The topological polar surface area (TPSA) is 135 Å². The number of nitrogens with two attached hydrogens (primary N) is 1. The van der Waals surface area contributed by atoms with Crippen molar-refractivity contribution < 1.29 is 29.4 Å². The van der Waals surface area contributed by atoms with Gasteiger partial charge in [-0.05, 0) is 62.8 Å². The smallest absolute Gasteiger partial charge is 0.342 e. The van der Waals surface area contributed by atoms with Crippen LogP contribution in [0.3, 0.4) is 0 Å². The molecule has 1 amide bonds. The van der Waals surface area contributed by atoms with Crippen molar-refractivity contribution in [3.63, 3.8) is 0 Å². The number of phenolic OH excluding ortho intramolecular Hbond substituents is 2. The van der Waals surface area contributed by atoms with E-state index < -0.39 is 12.1 Å². The summed E-state index contributed by atoms with van der Waals surface area (Å²) in [5, 5.41) is 24.7. The Morgan fingerprint density at radius 3 is 2.69 bits per heavy atom. The number of phenols is 2. The standard InChI is InChI=1S/C26H35N3O6/c27-12-11-22-10-6-3-1-2-5-9-20(28-34-18-24(32)29-13-7-4-8-14-29)15-19-16-21(30)17-23(31)25(19)26(33)35-22/h3,5-6,9,16-17,22,30-31H,1-2,4,7-8,10-15,18,27H2/b6-3+,9-5+,28-20+. The number of fused-ring (bicyclic) bond motifs is 1. The lowest BCUT2D eigenvalue weighted by molar-refractivity contribution is -0.137. The van der Waals surface area contributed by atoms with Crippen molar-refractivity contribution in [1.82, 2.24) is 4.90 Å². The largest absolute Gasteiger partial charge is 0.508 e. The second-order valence-corrected chi connectivity index (χ2v) is 8.76. The molecule has 0 radical (unpaired) electrons. The molecule has 35 heavy (non-hydrogen) atoms. The van der Waals surface area contributed by atoms with E-state index in [0.29, 0.717) is 30.7 Å². The van der Waals surface area contributed by atoms with Crippen LogP contribution in [0.1, 0.15) is 60.9 Å². The van der Waals surface area contributed by atoms with Gasteiger partial charge in [0.05, 0.1) is 5.71 Å². The van der Waals surface area contributed by atoms with Crippen molar-refractivity contribution in [2.45, 2.75) is 57.5 Å². The number of esters is 1. The molecule has 1 saturated heterocycles. The first-order valence-corrected chi connectivity index (χ1v) is 12.2. The number of nitrogens with zero attached hydrogens (tertiary/aromatic N) is 2. The van der Waals surface area contributed by atoms with Gasteiger partial charge in [0.25, 0.3) is 5.91 Å². The molecule has 2 aliphatic heterocycles. The third-order valence-corrected chi connectivity index (χ3v) is 5.98. The van der Waals surface area contributed by atoms with Crippen molar-refractivity contribution in [2.75, 3.05) is 26.2 Å². The van der Waals surface area contributed by atoms with Gasteiger partial charge in [-0.1, -0.05) is 23.4 Å². The van der Waals surface area contributed by atoms with E-state index >= 15 is 0 Å². The molecule has 3 rings (SSSR count). The summed E-state index contributed by atoms with van der Waals surface area (Å²) in [6.45, 7) is 1.63. The van der Waals surface area contributed by atoms with Crippen LogP contribution in [0.15, 0.2) is 41.6 Å². The van der Waals surface area contributed by atoms with E-state index in [0.717, 1.165) is 51.3 Å². The van der Waals surface area contributed by atoms with Crippen LogP contribution in [0.2, 0.25) is 0 Å². The van der Waals surface area contributed by atoms with Crippen molar-refractivity contribution in [3.8, 4) is 11.5 Å². The van der Waals surface area contributed by atoms with E-state index in [-0.39, 0.29) is 36.0 Å². The van der Waals surface area contributed by atoms with E-state index in [9.17, 15) is 19.8 Å². The van der Waals surface area contributed by atoms with Gasteiger partial charge in [0.1, 0.15) is 23.2 Å². The number of piperidine rings is 1. The minimum Gasteiger partial charge on any atom is -0.508 e. The van der Waals surface area contributed by atoms with Gasteiger partial charge >= 0.3 is 5.97 Å². The second kappa shape index (κ2) is 13.5. The molecule has 1 aromatic rings. The summed E-state index contributed by atoms with van der Waals surface area (Å²) in [7, 11) is 0. The highest BCUT2D eigenvalue weighted by atomic mass is 16.6. The number of amides is 1. The molecule has 2 aliphatic rings. The molecular weight excluding hydrogens is 450 g/mol. The van der Waals surface area contributed by atoms with Gasteiger partial charge < -0.3 is 30.4 Å². The maximum absolute atomic E-state index is 13.0. The second-order valence-electron chi connectivity index (χ2n) is 8.76. The summed E-state index contributed by atoms with van der Waals surface area (Å²) in [5.74, 6) is -1.40. The van der Waals surface area contributed by atoms with Crippen LogP contribution in [0, 0.1) is 0 Å². The van der Waals surface area contributed by atoms with E-state index in [2.05, 4.69) is 5.16 Å². The quantitative estimate of drug-likeness (QED) is 0.331. The maximum atomic E-state index is 13.0. The van der Waals surface area contributed by atoms with Gasteiger partial charge in [0.2, 0.25) is 0 Å². The lowest BCUT2D eigenvalue weighted by atomic mass is 9.99. The number of carbonyl (C=O) groups is 2. The molecule has 1 atom stereocenters. The van der Waals surface area contributed by atoms with E-state index in [1.165, 1.54) is 6.07 Å². The van der Waals surface area contributed by atoms with Gasteiger partial charge in [-0.3, -0.25) is 4.79 Å². The summed E-state index contributed by atoms with van der Waals surface area (Å²) in [4.78, 5) is 32.6. The molecule has 2 heterocycles. The zero-order chi connectivity index (χ0) is 25.0. The molecule has 0 spiro atoms. The first kappa shape index (κ1) is 26.3. The van der Waals surface area contributed by atoms with Gasteiger partial charge in [0.15, 0.2) is 6.61 Å². The summed E-state index contributed by atoms with van der Waals surface area (Å²) in [6.07, 6.45) is 13.0. The predicted molar refractivity (Wildman–Crippen MR) is 132 cm³/mol. The lowest BCUT2D eigenvalue weighted by Gasteiger charge is -2.26. The SMILES string of the molecule is NCCC1C/C=C/CC/C=C/C(=N\OCC(=O)N2CCCCC2)Cc2cc(O)cc(O)c2C(=O)O1. The van der Waals surface area contributed by atoms with Crippen LogP contribution in [0.25, 0.3) is 0 Å². The predicted octanol–water partition coefficient (Wildman–Crippen LogP) is 3.20. The van der Waals surface area contributed by atoms with Crippen molar-refractivity contribution in [2.24, 2.45) is 10.9 Å². The molecule has 1 aromatic carbocycles. The molecule has 1 fully saturated rings. The number of oxime groups is 1. The van der Waals surface area contributed by atoms with Crippen molar-refractivity contribution >= 4 is 17.6 Å². The minimum absolute atomic E-state index is 0.0450. The van der Waals surface area contributed by atoms with Crippen LogP contribution in [0.4, 0.5) is 0 Å². The number of hydrogen-bond donors (Lipinski definition) is 3. The first-order chi connectivity index (χ1) is 17.0. The molecule has 0 aromatic heterocycles. The molecular formula is C26H35N3O6. The van der Waals surface area contributed by atoms with Crippen LogP contribution < -0.4 is 5.73 Å². The van der Waals surface area contributed by atoms with Crippen molar-refractivity contribution in [1.29, 1.82) is 0 Å². The third-order valence-electron chi connectivity index (χ3n) is 5.98. The number of cyclic esters (lactones) is 1. The Morgan fingerprint density at radius 1 is 1.14 bits per heavy atom. The lowest BCUT2D eigenvalue weighted by Crippen LogP contribution is -2.37. The highest BCUT2D eigenvalue weighted by Crippen LogP contribution is 2.29. The number of likely N-dealkylation sites (tertiary alicyclic amines) is 1. The molecule has 1 unspecified atom stereocenters. The number of benzene rings is 1. The highest BCUT2D eigenvalue weighted by molar-refractivity contribution is 6.00. The molecule has 190 valence electrons. The van der Waals surface area contributed by atoms with Crippen LogP contribution in [-0.2, 0) is 20.8 Å². The number of aromatic hydroxyl groups is 2. The first-order valence-electron chi connectivity index (χ1n) is 12.2. The number of carbonyl (C=O) groups excluding carboxylic acids is 2. The van der Waals surface area contributed by atoms with Gasteiger partial charge in [-0.15, -0.1) is 0 Å². The third kappa shape index (κ3) is 8.13. The fourth-order valence-corrected chi connectivity index (χ4v) is 4.16. The monoisotopic (exact) mass is 485 g/mol. The van der Waals surface area contributed by atoms with E-state index in [1.54, 1.807) is 11.0 Å². The normalized spacial score (nSPS) is 22.5. The molecule has 9 nitrogen and oxygen atoms in total. The van der Waals surface area contributed by atoms with E-state index in [4.69, 9.17) is 15.3 Å². The molecule has 0 aliphatic carbocycles. The summed E-state index contributed by atoms with van der Waals surface area (Å²) >= 11 is 0. The fourth-order valence-electron chi connectivity index (χ4n) is 4.16. The molecule has 0 saturated carbocycles. The summed E-state index contributed by atoms with van der Waals surface area (Å²) < 4.78 is 5.65. The Hall–Kier alpha value is -3.33. The van der Waals surface area contributed by atoms with E-state index in [1.807, 2.05) is 18.2 Å². The van der Waals surface area contributed by atoms with Gasteiger partial charge in [0, 0.05) is 32.0 Å². The number of ether oxygens (including phenoxy) is 1. The Labute approximate surface area is 205 Å². The Balaban J connectivity index is 1.84. The maximum Gasteiger partial charge on any atom is 0.342 e. The average Bonchev–Trinajstić information content (AvgIpc) is 2.82. The summed E-state index contributed by atoms with van der Waals surface area (Å²) in [5.41, 5.74) is 6.41. The summed E-state index contributed by atoms with van der Waals surface area (Å²) in [6, 6.07) is 2.49.